The number of halogens is 4. The van der Waals surface area contributed by atoms with Crippen LogP contribution in [0.3, 0.4) is 0 Å². The van der Waals surface area contributed by atoms with Gasteiger partial charge in [0.25, 0.3) is 11.9 Å². The van der Waals surface area contributed by atoms with Gasteiger partial charge in [-0.1, -0.05) is 13.8 Å². The van der Waals surface area contributed by atoms with E-state index in [9.17, 15) is 18.0 Å². The van der Waals surface area contributed by atoms with Crippen molar-refractivity contribution in [1.29, 1.82) is 0 Å². The van der Waals surface area contributed by atoms with Gasteiger partial charge in [0.1, 0.15) is 23.6 Å². The van der Waals surface area contributed by atoms with E-state index in [0.29, 0.717) is 50.1 Å². The fourth-order valence-electron chi connectivity index (χ4n) is 5.84. The number of anilines is 3. The fourth-order valence-corrected chi connectivity index (χ4v) is 5.84. The van der Waals surface area contributed by atoms with Crippen molar-refractivity contribution in [1.82, 2.24) is 4.98 Å². The lowest BCUT2D eigenvalue weighted by molar-refractivity contribution is -0.130. The summed E-state index contributed by atoms with van der Waals surface area (Å²) in [4.78, 5) is 20.9. The highest BCUT2D eigenvalue weighted by molar-refractivity contribution is 6.04. The number of aromatic nitrogens is 1. The molecule has 1 amide bonds. The van der Waals surface area contributed by atoms with Crippen molar-refractivity contribution in [2.45, 2.75) is 70.2 Å². The second-order valence-corrected chi connectivity index (χ2v) is 10.6. The molecule has 2 fully saturated rings. The number of hydrogen-bond acceptors (Lipinski definition) is 6. The number of ether oxygens (including phenoxy) is 1. The van der Waals surface area contributed by atoms with E-state index in [2.05, 4.69) is 22.1 Å². The van der Waals surface area contributed by atoms with Gasteiger partial charge in [-0.05, 0) is 55.7 Å². The average Bonchev–Trinajstić information content (AvgIpc) is 3.51. The van der Waals surface area contributed by atoms with Crippen molar-refractivity contribution in [3.8, 4) is 0 Å². The highest BCUT2D eigenvalue weighted by Crippen LogP contribution is 2.40. The smallest absolute Gasteiger partial charge is 0.396 e. The number of fused-ring (bicyclic) bond motifs is 1. The monoisotopic (exact) mass is 524 g/mol. The molecular weight excluding hydrogens is 492 g/mol. The number of carbonyl (C=O) groups is 1. The fraction of sp³-hybridized carbons (Fsp3) is 0.615. The van der Waals surface area contributed by atoms with Crippen LogP contribution in [0.2, 0.25) is 0 Å². The first-order valence-corrected chi connectivity index (χ1v) is 12.8. The van der Waals surface area contributed by atoms with Gasteiger partial charge in [0.2, 0.25) is 0 Å². The predicted molar refractivity (Wildman–Crippen MR) is 131 cm³/mol. The number of nitrogens with zero attached hydrogens (tertiary/aromatic N) is 3. The van der Waals surface area contributed by atoms with Gasteiger partial charge in [0.15, 0.2) is 5.69 Å². The van der Waals surface area contributed by atoms with Crippen molar-refractivity contribution in [3.05, 3.63) is 35.0 Å². The van der Waals surface area contributed by atoms with Crippen LogP contribution < -0.4 is 15.1 Å². The van der Waals surface area contributed by atoms with Gasteiger partial charge in [0.05, 0.1) is 18.8 Å². The first kappa shape index (κ1) is 25.8. The zero-order valence-electron chi connectivity index (χ0n) is 21.3. The normalized spacial score (nSPS) is 22.8. The number of amides is 1. The SMILES string of the molecule is CCC1(OC)CN(c2nc(C(=O)Nc3cc(F)c4c(c3)CCN4C3CCC(C)C3)c(CC(F)(F)F)o2)C1. The summed E-state index contributed by atoms with van der Waals surface area (Å²) in [5.74, 6) is -1.29. The number of alkyl halides is 3. The Morgan fingerprint density at radius 3 is 2.68 bits per heavy atom. The maximum atomic E-state index is 15.2. The summed E-state index contributed by atoms with van der Waals surface area (Å²) in [5.41, 5.74) is 0.643. The Bertz CT molecular complexity index is 1170. The molecule has 2 atom stereocenters. The first-order valence-electron chi connectivity index (χ1n) is 12.8. The van der Waals surface area contributed by atoms with Gasteiger partial charge in [-0.2, -0.15) is 18.2 Å². The lowest BCUT2D eigenvalue weighted by Crippen LogP contribution is -2.62. The van der Waals surface area contributed by atoms with E-state index < -0.39 is 41.4 Å². The summed E-state index contributed by atoms with van der Waals surface area (Å²) in [6.07, 6.45) is -1.51. The van der Waals surface area contributed by atoms with E-state index >= 15 is 4.39 Å². The van der Waals surface area contributed by atoms with E-state index in [4.69, 9.17) is 9.15 Å². The second kappa shape index (κ2) is 9.49. The van der Waals surface area contributed by atoms with Crippen molar-refractivity contribution in [3.63, 3.8) is 0 Å². The minimum atomic E-state index is -4.60. The predicted octanol–water partition coefficient (Wildman–Crippen LogP) is 5.34. The summed E-state index contributed by atoms with van der Waals surface area (Å²) >= 11 is 0. The van der Waals surface area contributed by atoms with Crippen molar-refractivity contribution in [2.75, 3.05) is 41.9 Å². The van der Waals surface area contributed by atoms with Gasteiger partial charge in [-0.3, -0.25) is 4.79 Å². The van der Waals surface area contributed by atoms with Crippen LogP contribution in [0, 0.1) is 11.7 Å². The largest absolute Gasteiger partial charge is 0.427 e. The standard InChI is InChI=1S/C26H32F4N4O3/c1-4-25(36-3)13-33(14-25)24-32-21(20(37-24)12-26(28,29)30)23(35)31-17-10-16-7-8-34(22(16)19(27)11-17)18-6-5-15(2)9-18/h10-11,15,18H,4-9,12-14H2,1-3H3,(H,31,35). The van der Waals surface area contributed by atoms with Crippen LogP contribution in [0.1, 0.15) is 61.3 Å². The van der Waals surface area contributed by atoms with E-state index in [1.165, 1.54) is 6.07 Å². The van der Waals surface area contributed by atoms with E-state index in [0.717, 1.165) is 24.8 Å². The zero-order chi connectivity index (χ0) is 26.5. The molecule has 1 N–H and O–H groups in total. The molecular formula is C26H32F4N4O3. The maximum Gasteiger partial charge on any atom is 0.396 e. The molecule has 1 saturated carbocycles. The van der Waals surface area contributed by atoms with Gasteiger partial charge in [0, 0.05) is 25.4 Å². The lowest BCUT2D eigenvalue weighted by atomic mass is 9.91. The number of carbonyl (C=O) groups excluding carboxylic acids is 1. The average molecular weight is 525 g/mol. The van der Waals surface area contributed by atoms with Crippen LogP contribution in [0.5, 0.6) is 0 Å². The molecule has 1 aromatic carbocycles. The topological polar surface area (TPSA) is 70.8 Å². The summed E-state index contributed by atoms with van der Waals surface area (Å²) in [6, 6.07) is 3.16. The van der Waals surface area contributed by atoms with Crippen molar-refractivity contribution < 1.29 is 31.5 Å². The molecule has 0 bridgehead atoms. The van der Waals surface area contributed by atoms with Crippen LogP contribution in [-0.4, -0.2) is 55.5 Å². The van der Waals surface area contributed by atoms with Gasteiger partial charge in [-0.25, -0.2) is 4.39 Å². The molecule has 2 aliphatic heterocycles. The molecule has 3 heterocycles. The molecule has 7 nitrogen and oxygen atoms in total. The van der Waals surface area contributed by atoms with Crippen molar-refractivity contribution >= 4 is 23.3 Å². The number of hydrogen-bond donors (Lipinski definition) is 1. The van der Waals surface area contributed by atoms with Gasteiger partial charge < -0.3 is 24.3 Å². The summed E-state index contributed by atoms with van der Waals surface area (Å²) in [6.45, 7) is 5.64. The van der Waals surface area contributed by atoms with E-state index in [1.807, 2.05) is 6.92 Å². The minimum absolute atomic E-state index is 0.0629. The first-order chi connectivity index (χ1) is 17.5. The van der Waals surface area contributed by atoms with Gasteiger partial charge >= 0.3 is 6.18 Å². The van der Waals surface area contributed by atoms with Crippen molar-refractivity contribution in [2.24, 2.45) is 5.92 Å². The highest BCUT2D eigenvalue weighted by Gasteiger charge is 2.45. The number of nitrogens with one attached hydrogen (secondary N) is 1. The molecule has 11 heteroatoms. The number of rotatable bonds is 7. The summed E-state index contributed by atoms with van der Waals surface area (Å²) in [5, 5.41) is 2.54. The molecule has 3 aliphatic rings. The van der Waals surface area contributed by atoms with Crippen LogP contribution in [-0.2, 0) is 17.6 Å². The molecule has 1 aromatic heterocycles. The Morgan fingerprint density at radius 2 is 2.05 bits per heavy atom. The third-order valence-corrected chi connectivity index (χ3v) is 7.99. The third-order valence-electron chi connectivity index (χ3n) is 7.99. The Morgan fingerprint density at radius 1 is 1.30 bits per heavy atom. The van der Waals surface area contributed by atoms with Gasteiger partial charge in [-0.15, -0.1) is 0 Å². The molecule has 202 valence electrons. The quantitative estimate of drug-likeness (QED) is 0.494. The molecule has 2 aromatic rings. The Balaban J connectivity index is 1.36. The Kier molecular flexibility index (Phi) is 6.62. The molecule has 5 rings (SSSR count). The Hall–Kier alpha value is -2.82. The molecule has 2 unspecified atom stereocenters. The summed E-state index contributed by atoms with van der Waals surface area (Å²) in [7, 11) is 1.58. The molecule has 0 spiro atoms. The van der Waals surface area contributed by atoms with Crippen LogP contribution in [0.25, 0.3) is 0 Å². The zero-order valence-corrected chi connectivity index (χ0v) is 21.3. The second-order valence-electron chi connectivity index (χ2n) is 10.6. The van der Waals surface area contributed by atoms with Crippen LogP contribution >= 0.6 is 0 Å². The molecule has 37 heavy (non-hydrogen) atoms. The minimum Gasteiger partial charge on any atom is -0.427 e. The van der Waals surface area contributed by atoms with Crippen LogP contribution in [0.4, 0.5) is 35.0 Å². The number of benzene rings is 1. The number of oxazole rings is 1. The Labute approximate surface area is 213 Å². The molecule has 0 radical (unpaired) electrons. The molecule has 1 saturated heterocycles. The third kappa shape index (κ3) is 5.02. The maximum absolute atomic E-state index is 15.2. The lowest BCUT2D eigenvalue weighted by Gasteiger charge is -2.47. The number of methoxy groups -OCH3 is 1. The van der Waals surface area contributed by atoms with E-state index in [-0.39, 0.29) is 11.7 Å². The highest BCUT2D eigenvalue weighted by atomic mass is 19.4. The van der Waals surface area contributed by atoms with E-state index in [1.54, 1.807) is 18.1 Å². The molecule has 1 aliphatic carbocycles. The van der Waals surface area contributed by atoms with Crippen LogP contribution in [0.15, 0.2) is 16.5 Å². The summed E-state index contributed by atoms with van der Waals surface area (Å²) < 4.78 is 65.8.